The lowest BCUT2D eigenvalue weighted by Gasteiger charge is -2.19. The highest BCUT2D eigenvalue weighted by atomic mass is 32.2. The Morgan fingerprint density at radius 3 is 2.56 bits per heavy atom. The van der Waals surface area contributed by atoms with E-state index in [1.165, 1.54) is 0 Å². The molecule has 1 saturated heterocycles. The minimum absolute atomic E-state index is 0.192. The van der Waals surface area contributed by atoms with Crippen LogP contribution >= 0.6 is 0 Å². The minimum Gasteiger partial charge on any atom is -0.486 e. The number of hydrogen-bond donors (Lipinski definition) is 2. The van der Waals surface area contributed by atoms with Crippen molar-refractivity contribution < 1.29 is 23.4 Å². The molecule has 1 aromatic carbocycles. The van der Waals surface area contributed by atoms with Gasteiger partial charge in [-0.05, 0) is 13.0 Å². The highest BCUT2D eigenvalue weighted by molar-refractivity contribution is 7.91. The van der Waals surface area contributed by atoms with Crippen LogP contribution in [0.15, 0.2) is 24.3 Å². The monoisotopic (exact) mass is 272 g/mol. The fourth-order valence-electron chi connectivity index (χ4n) is 2.01. The molecule has 100 valence electrons. The summed E-state index contributed by atoms with van der Waals surface area (Å²) in [4.78, 5) is 0. The van der Waals surface area contributed by atoms with Crippen LogP contribution in [0.3, 0.4) is 0 Å². The third-order valence-electron chi connectivity index (χ3n) is 2.92. The maximum atomic E-state index is 11.4. The molecule has 1 aliphatic rings. The normalized spacial score (nSPS) is 27.9. The van der Waals surface area contributed by atoms with Crippen molar-refractivity contribution >= 4 is 9.84 Å². The second kappa shape index (κ2) is 4.87. The lowest BCUT2D eigenvalue weighted by atomic mass is 10.1. The van der Waals surface area contributed by atoms with Gasteiger partial charge in [0.2, 0.25) is 0 Å². The summed E-state index contributed by atoms with van der Waals surface area (Å²) in [5.74, 6) is -0.0507. The molecule has 5 nitrogen and oxygen atoms in total. The molecule has 0 amide bonds. The first-order chi connectivity index (χ1) is 8.39. The standard InChI is InChI=1S/C12H16O5S/c1-8(13)9-4-2-3-5-11(9)17-12-7-18(15,16)6-10(12)14/h2-5,8,10,12-14H,6-7H2,1H3/t8-,10?,12?/m0/s1. The smallest absolute Gasteiger partial charge is 0.156 e. The van der Waals surface area contributed by atoms with E-state index in [1.54, 1.807) is 31.2 Å². The van der Waals surface area contributed by atoms with Crippen LogP contribution < -0.4 is 4.74 Å². The van der Waals surface area contributed by atoms with Crippen molar-refractivity contribution in [2.24, 2.45) is 0 Å². The van der Waals surface area contributed by atoms with Crippen LogP contribution in [0.5, 0.6) is 5.75 Å². The van der Waals surface area contributed by atoms with E-state index in [2.05, 4.69) is 0 Å². The van der Waals surface area contributed by atoms with Gasteiger partial charge in [0, 0.05) is 5.56 Å². The molecule has 0 bridgehead atoms. The molecule has 1 aliphatic heterocycles. The predicted octanol–water partition coefficient (Wildman–Crippen LogP) is 0.277. The number of hydrogen-bond acceptors (Lipinski definition) is 5. The molecular weight excluding hydrogens is 256 g/mol. The fourth-order valence-corrected chi connectivity index (χ4v) is 3.67. The Labute approximate surface area is 106 Å². The van der Waals surface area contributed by atoms with Crippen molar-refractivity contribution in [1.82, 2.24) is 0 Å². The van der Waals surface area contributed by atoms with E-state index in [1.807, 2.05) is 0 Å². The highest BCUT2D eigenvalue weighted by Crippen LogP contribution is 2.27. The molecular formula is C12H16O5S. The van der Waals surface area contributed by atoms with Gasteiger partial charge in [-0.15, -0.1) is 0 Å². The molecule has 2 N–H and O–H groups in total. The van der Waals surface area contributed by atoms with Crippen molar-refractivity contribution in [2.45, 2.75) is 25.2 Å². The maximum Gasteiger partial charge on any atom is 0.156 e. The van der Waals surface area contributed by atoms with Crippen LogP contribution in [0.4, 0.5) is 0 Å². The molecule has 1 fully saturated rings. The minimum atomic E-state index is -3.24. The zero-order chi connectivity index (χ0) is 13.3. The van der Waals surface area contributed by atoms with E-state index >= 15 is 0 Å². The van der Waals surface area contributed by atoms with Gasteiger partial charge in [-0.3, -0.25) is 0 Å². The molecule has 1 heterocycles. The van der Waals surface area contributed by atoms with Gasteiger partial charge in [0.25, 0.3) is 0 Å². The molecule has 2 unspecified atom stereocenters. The fraction of sp³-hybridized carbons (Fsp3) is 0.500. The summed E-state index contributed by atoms with van der Waals surface area (Å²) >= 11 is 0. The first-order valence-electron chi connectivity index (χ1n) is 5.71. The van der Waals surface area contributed by atoms with Crippen molar-refractivity contribution in [3.63, 3.8) is 0 Å². The van der Waals surface area contributed by atoms with E-state index < -0.39 is 28.1 Å². The molecule has 3 atom stereocenters. The number of aliphatic hydroxyl groups is 2. The summed E-state index contributed by atoms with van der Waals surface area (Å²) in [5.41, 5.74) is 0.578. The Bertz CT molecular complexity index is 523. The number of ether oxygens (including phenoxy) is 1. The van der Waals surface area contributed by atoms with Crippen LogP contribution in [0.25, 0.3) is 0 Å². The first kappa shape index (κ1) is 13.3. The summed E-state index contributed by atoms with van der Waals surface area (Å²) in [7, 11) is -3.24. The second-order valence-corrected chi connectivity index (χ2v) is 6.67. The second-order valence-electron chi connectivity index (χ2n) is 4.51. The topological polar surface area (TPSA) is 83.8 Å². The van der Waals surface area contributed by atoms with Crippen LogP contribution in [0.2, 0.25) is 0 Å². The number of aliphatic hydroxyl groups excluding tert-OH is 2. The molecule has 6 heteroatoms. The maximum absolute atomic E-state index is 11.4. The van der Waals surface area contributed by atoms with Crippen LogP contribution in [-0.2, 0) is 9.84 Å². The molecule has 0 radical (unpaired) electrons. The average Bonchev–Trinajstić information content (AvgIpc) is 2.52. The lowest BCUT2D eigenvalue weighted by molar-refractivity contribution is 0.0707. The van der Waals surface area contributed by atoms with Gasteiger partial charge >= 0.3 is 0 Å². The van der Waals surface area contributed by atoms with Gasteiger partial charge < -0.3 is 14.9 Å². The molecule has 0 spiro atoms. The van der Waals surface area contributed by atoms with E-state index in [4.69, 9.17) is 4.74 Å². The summed E-state index contributed by atoms with van der Waals surface area (Å²) in [5, 5.41) is 19.2. The van der Waals surface area contributed by atoms with Gasteiger partial charge in [-0.1, -0.05) is 18.2 Å². The van der Waals surface area contributed by atoms with Crippen molar-refractivity contribution in [1.29, 1.82) is 0 Å². The molecule has 0 aromatic heterocycles. The Balaban J connectivity index is 2.20. The van der Waals surface area contributed by atoms with Crippen LogP contribution in [0.1, 0.15) is 18.6 Å². The van der Waals surface area contributed by atoms with Gasteiger partial charge in [-0.2, -0.15) is 0 Å². The predicted molar refractivity (Wildman–Crippen MR) is 66.2 cm³/mol. The Hall–Kier alpha value is -1.11. The summed E-state index contributed by atoms with van der Waals surface area (Å²) in [6.07, 6.45) is -2.50. The van der Waals surface area contributed by atoms with Crippen LogP contribution in [0, 0.1) is 0 Å². The SMILES string of the molecule is C[C@H](O)c1ccccc1OC1CS(=O)(=O)CC1O. The molecule has 0 saturated carbocycles. The summed E-state index contributed by atoms with van der Waals surface area (Å²) < 4.78 is 28.3. The number of para-hydroxylation sites is 1. The zero-order valence-electron chi connectivity index (χ0n) is 9.98. The van der Waals surface area contributed by atoms with Gasteiger partial charge in [0.05, 0.1) is 17.6 Å². The summed E-state index contributed by atoms with van der Waals surface area (Å²) in [6, 6.07) is 6.85. The largest absolute Gasteiger partial charge is 0.486 e. The Morgan fingerprint density at radius 2 is 2.00 bits per heavy atom. The van der Waals surface area contributed by atoms with Gasteiger partial charge in [-0.25, -0.2) is 8.42 Å². The molecule has 0 aliphatic carbocycles. The number of sulfone groups is 1. The van der Waals surface area contributed by atoms with E-state index in [0.29, 0.717) is 11.3 Å². The van der Waals surface area contributed by atoms with Crippen molar-refractivity contribution in [2.75, 3.05) is 11.5 Å². The van der Waals surface area contributed by atoms with E-state index in [-0.39, 0.29) is 11.5 Å². The number of rotatable bonds is 3. The van der Waals surface area contributed by atoms with Crippen molar-refractivity contribution in [3.05, 3.63) is 29.8 Å². The third kappa shape index (κ3) is 2.82. The van der Waals surface area contributed by atoms with E-state index in [9.17, 15) is 18.6 Å². The first-order valence-corrected chi connectivity index (χ1v) is 7.53. The average molecular weight is 272 g/mol. The van der Waals surface area contributed by atoms with Crippen molar-refractivity contribution in [3.8, 4) is 5.75 Å². The van der Waals surface area contributed by atoms with Gasteiger partial charge in [0.15, 0.2) is 9.84 Å². The van der Waals surface area contributed by atoms with E-state index in [0.717, 1.165) is 0 Å². The molecule has 1 aromatic rings. The molecule has 18 heavy (non-hydrogen) atoms. The third-order valence-corrected chi connectivity index (χ3v) is 4.61. The highest BCUT2D eigenvalue weighted by Gasteiger charge is 2.38. The zero-order valence-corrected chi connectivity index (χ0v) is 10.8. The molecule has 2 rings (SSSR count). The Kier molecular flexibility index (Phi) is 3.61. The van der Waals surface area contributed by atoms with Gasteiger partial charge in [0.1, 0.15) is 18.0 Å². The Morgan fingerprint density at radius 1 is 1.33 bits per heavy atom. The summed E-state index contributed by atoms with van der Waals surface area (Å²) in [6.45, 7) is 1.60. The number of benzene rings is 1. The lowest BCUT2D eigenvalue weighted by Crippen LogP contribution is -2.30. The quantitative estimate of drug-likeness (QED) is 0.825. The van der Waals surface area contributed by atoms with Crippen LogP contribution in [-0.4, -0.2) is 42.3 Å².